The largest absolute Gasteiger partial charge is 0.469 e. The van der Waals surface area contributed by atoms with Gasteiger partial charge < -0.3 is 10.5 Å². The van der Waals surface area contributed by atoms with Gasteiger partial charge in [-0.15, -0.1) is 0 Å². The number of carbonyl (C=O) groups is 1. The van der Waals surface area contributed by atoms with Gasteiger partial charge in [0.25, 0.3) is 0 Å². The number of carbonyl (C=O) groups excluding carboxylic acids is 1. The van der Waals surface area contributed by atoms with Crippen LogP contribution in [-0.2, 0) is 9.53 Å². The highest BCUT2D eigenvalue weighted by Crippen LogP contribution is 2.36. The number of rotatable bonds is 5. The summed E-state index contributed by atoms with van der Waals surface area (Å²) in [5, 5.41) is 0. The first-order valence-corrected chi connectivity index (χ1v) is 6.90. The van der Waals surface area contributed by atoms with Gasteiger partial charge in [0.1, 0.15) is 0 Å². The van der Waals surface area contributed by atoms with Crippen molar-refractivity contribution in [2.24, 2.45) is 23.5 Å². The average molecular weight is 241 g/mol. The van der Waals surface area contributed by atoms with Crippen LogP contribution in [0.4, 0.5) is 0 Å². The molecule has 0 aromatic rings. The Morgan fingerprint density at radius 1 is 1.35 bits per heavy atom. The van der Waals surface area contributed by atoms with Crippen LogP contribution < -0.4 is 5.73 Å². The SMILES string of the molecule is CCC(N)C(CC(=O)OC)C1CCC(C)CC1. The number of methoxy groups -OCH3 is 1. The van der Waals surface area contributed by atoms with E-state index in [4.69, 9.17) is 10.5 Å². The molecule has 100 valence electrons. The van der Waals surface area contributed by atoms with E-state index in [0.29, 0.717) is 18.3 Å². The smallest absolute Gasteiger partial charge is 0.305 e. The van der Waals surface area contributed by atoms with Crippen molar-refractivity contribution in [3.63, 3.8) is 0 Å². The summed E-state index contributed by atoms with van der Waals surface area (Å²) >= 11 is 0. The normalized spacial score (nSPS) is 28.5. The molecule has 1 aliphatic carbocycles. The molecular weight excluding hydrogens is 214 g/mol. The summed E-state index contributed by atoms with van der Waals surface area (Å²) in [5.41, 5.74) is 6.18. The molecule has 0 aliphatic heterocycles. The first kappa shape index (κ1) is 14.5. The van der Waals surface area contributed by atoms with Gasteiger partial charge in [-0.25, -0.2) is 0 Å². The van der Waals surface area contributed by atoms with E-state index in [1.807, 2.05) is 0 Å². The summed E-state index contributed by atoms with van der Waals surface area (Å²) < 4.78 is 4.79. The van der Waals surface area contributed by atoms with Crippen molar-refractivity contribution >= 4 is 5.97 Å². The van der Waals surface area contributed by atoms with Crippen molar-refractivity contribution in [1.82, 2.24) is 0 Å². The third-order valence-corrected chi connectivity index (χ3v) is 4.32. The van der Waals surface area contributed by atoms with Crippen LogP contribution in [0.2, 0.25) is 0 Å². The Bertz CT molecular complexity index is 234. The van der Waals surface area contributed by atoms with Gasteiger partial charge in [-0.1, -0.05) is 26.7 Å². The molecule has 3 heteroatoms. The van der Waals surface area contributed by atoms with E-state index < -0.39 is 0 Å². The summed E-state index contributed by atoms with van der Waals surface area (Å²) in [5.74, 6) is 1.64. The minimum absolute atomic E-state index is 0.113. The number of esters is 1. The van der Waals surface area contributed by atoms with Crippen LogP contribution in [0.15, 0.2) is 0 Å². The molecule has 1 aliphatic rings. The Labute approximate surface area is 105 Å². The predicted octanol–water partition coefficient (Wildman–Crippen LogP) is 2.73. The minimum atomic E-state index is -0.113. The van der Waals surface area contributed by atoms with E-state index in [1.54, 1.807) is 0 Å². The fourth-order valence-electron chi connectivity index (χ4n) is 2.96. The molecule has 2 unspecified atom stereocenters. The van der Waals surface area contributed by atoms with Crippen LogP contribution in [0.25, 0.3) is 0 Å². The molecule has 0 heterocycles. The van der Waals surface area contributed by atoms with Gasteiger partial charge in [-0.3, -0.25) is 4.79 Å². The van der Waals surface area contributed by atoms with Gasteiger partial charge in [0.15, 0.2) is 0 Å². The lowest BCUT2D eigenvalue weighted by Gasteiger charge is -2.35. The first-order chi connectivity index (χ1) is 8.08. The molecule has 3 nitrogen and oxygen atoms in total. The molecule has 0 amide bonds. The van der Waals surface area contributed by atoms with Crippen molar-refractivity contribution in [2.45, 2.75) is 58.4 Å². The van der Waals surface area contributed by atoms with E-state index in [0.717, 1.165) is 12.3 Å². The van der Waals surface area contributed by atoms with E-state index in [-0.39, 0.29) is 12.0 Å². The van der Waals surface area contributed by atoms with Crippen LogP contribution in [0, 0.1) is 17.8 Å². The van der Waals surface area contributed by atoms with Gasteiger partial charge in [0, 0.05) is 6.04 Å². The zero-order valence-electron chi connectivity index (χ0n) is 11.4. The molecule has 0 aromatic heterocycles. The third-order valence-electron chi connectivity index (χ3n) is 4.32. The van der Waals surface area contributed by atoms with Crippen molar-refractivity contribution in [3.8, 4) is 0 Å². The van der Waals surface area contributed by atoms with Crippen LogP contribution >= 0.6 is 0 Å². The molecule has 2 atom stereocenters. The topological polar surface area (TPSA) is 52.3 Å². The minimum Gasteiger partial charge on any atom is -0.469 e. The molecule has 1 saturated carbocycles. The summed E-state index contributed by atoms with van der Waals surface area (Å²) in [4.78, 5) is 11.5. The molecule has 17 heavy (non-hydrogen) atoms. The van der Waals surface area contributed by atoms with Crippen LogP contribution in [0.5, 0.6) is 0 Å². The Morgan fingerprint density at radius 3 is 2.41 bits per heavy atom. The zero-order valence-corrected chi connectivity index (χ0v) is 11.4. The summed E-state index contributed by atoms with van der Waals surface area (Å²) in [7, 11) is 1.46. The summed E-state index contributed by atoms with van der Waals surface area (Å²) in [6, 6.07) is 0.132. The Morgan fingerprint density at radius 2 is 1.94 bits per heavy atom. The fourth-order valence-corrected chi connectivity index (χ4v) is 2.96. The lowest BCUT2D eigenvalue weighted by Crippen LogP contribution is -2.37. The van der Waals surface area contributed by atoms with Crippen molar-refractivity contribution in [3.05, 3.63) is 0 Å². The quantitative estimate of drug-likeness (QED) is 0.753. The molecule has 1 fully saturated rings. The molecule has 0 bridgehead atoms. The van der Waals surface area contributed by atoms with Gasteiger partial charge in [0.2, 0.25) is 0 Å². The highest BCUT2D eigenvalue weighted by molar-refractivity contribution is 5.69. The molecule has 0 spiro atoms. The molecule has 0 saturated heterocycles. The zero-order chi connectivity index (χ0) is 12.8. The molecule has 0 radical (unpaired) electrons. The van der Waals surface area contributed by atoms with Gasteiger partial charge in [0.05, 0.1) is 13.5 Å². The van der Waals surface area contributed by atoms with E-state index in [2.05, 4.69) is 13.8 Å². The highest BCUT2D eigenvalue weighted by Gasteiger charge is 2.31. The average Bonchev–Trinajstić information content (AvgIpc) is 2.36. The molecular formula is C14H27NO2. The van der Waals surface area contributed by atoms with Crippen molar-refractivity contribution < 1.29 is 9.53 Å². The van der Waals surface area contributed by atoms with Gasteiger partial charge in [-0.2, -0.15) is 0 Å². The highest BCUT2D eigenvalue weighted by atomic mass is 16.5. The second-order valence-corrected chi connectivity index (χ2v) is 5.54. The Balaban J connectivity index is 2.59. The molecule has 1 rings (SSSR count). The lowest BCUT2D eigenvalue weighted by molar-refractivity contribution is -0.142. The van der Waals surface area contributed by atoms with Crippen molar-refractivity contribution in [1.29, 1.82) is 0 Å². The van der Waals surface area contributed by atoms with Crippen LogP contribution in [0.3, 0.4) is 0 Å². The molecule has 0 aromatic carbocycles. The fraction of sp³-hybridized carbons (Fsp3) is 0.929. The number of hydrogen-bond donors (Lipinski definition) is 1. The standard InChI is InChI=1S/C14H27NO2/c1-4-13(15)12(9-14(16)17-3)11-7-5-10(2)6-8-11/h10-13H,4-9,15H2,1-3H3. The van der Waals surface area contributed by atoms with Crippen LogP contribution in [-0.4, -0.2) is 19.1 Å². The maximum Gasteiger partial charge on any atom is 0.305 e. The number of nitrogens with two attached hydrogens (primary N) is 1. The maximum atomic E-state index is 11.5. The van der Waals surface area contributed by atoms with E-state index in [9.17, 15) is 4.79 Å². The molecule has 2 N–H and O–H groups in total. The first-order valence-electron chi connectivity index (χ1n) is 6.90. The summed E-state index contributed by atoms with van der Waals surface area (Å²) in [6.45, 7) is 4.41. The second-order valence-electron chi connectivity index (χ2n) is 5.54. The maximum absolute atomic E-state index is 11.5. The van der Waals surface area contributed by atoms with Gasteiger partial charge >= 0.3 is 5.97 Å². The monoisotopic (exact) mass is 241 g/mol. The predicted molar refractivity (Wildman–Crippen MR) is 69.5 cm³/mol. The number of ether oxygens (including phenoxy) is 1. The van der Waals surface area contributed by atoms with E-state index in [1.165, 1.54) is 32.8 Å². The Kier molecular flexibility index (Phi) is 5.96. The van der Waals surface area contributed by atoms with Gasteiger partial charge in [-0.05, 0) is 37.0 Å². The third kappa shape index (κ3) is 4.30. The van der Waals surface area contributed by atoms with E-state index >= 15 is 0 Å². The lowest BCUT2D eigenvalue weighted by atomic mass is 9.72. The second kappa shape index (κ2) is 7.00. The van der Waals surface area contributed by atoms with Crippen LogP contribution in [0.1, 0.15) is 52.4 Å². The van der Waals surface area contributed by atoms with Crippen molar-refractivity contribution in [2.75, 3.05) is 7.11 Å². The number of hydrogen-bond acceptors (Lipinski definition) is 3. The Hall–Kier alpha value is -0.570. The summed E-state index contributed by atoms with van der Waals surface area (Å²) in [6.07, 6.45) is 6.42.